The summed E-state index contributed by atoms with van der Waals surface area (Å²) < 4.78 is 23.7. The molecule has 140 valence electrons. The number of nitrogens with zero attached hydrogens (tertiary/aromatic N) is 1. The summed E-state index contributed by atoms with van der Waals surface area (Å²) in [5, 5.41) is 3.16. The second-order valence-corrected chi connectivity index (χ2v) is 9.75. The van der Waals surface area contributed by atoms with Gasteiger partial charge < -0.3 is 10.2 Å². The highest BCUT2D eigenvalue weighted by atomic mass is 35.5. The van der Waals surface area contributed by atoms with Gasteiger partial charge in [-0.25, -0.2) is 8.42 Å². The number of piperidine rings is 1. The molecule has 2 saturated heterocycles. The number of hydrogen-bond acceptors (Lipinski definition) is 4. The third-order valence-electron chi connectivity index (χ3n) is 5.74. The smallest absolute Gasteiger partial charge is 0.244 e. The quantitative estimate of drug-likeness (QED) is 0.859. The fourth-order valence-electron chi connectivity index (χ4n) is 4.07. The van der Waals surface area contributed by atoms with Crippen LogP contribution in [-0.4, -0.2) is 56.4 Å². The SMILES string of the molecule is CC1(c2ccccc2)CCN(C(=O)C2(S(C)(=O)=O)CCNCC2)C1.Cl. The van der Waals surface area contributed by atoms with Crippen LogP contribution in [-0.2, 0) is 20.0 Å². The van der Waals surface area contributed by atoms with Crippen LogP contribution in [0.3, 0.4) is 0 Å². The van der Waals surface area contributed by atoms with E-state index in [4.69, 9.17) is 0 Å². The van der Waals surface area contributed by atoms with Crippen molar-refractivity contribution >= 4 is 28.2 Å². The number of nitrogens with one attached hydrogen (secondary N) is 1. The van der Waals surface area contributed by atoms with E-state index in [2.05, 4.69) is 24.4 Å². The maximum Gasteiger partial charge on any atom is 0.244 e. The highest BCUT2D eigenvalue weighted by Gasteiger charge is 2.52. The molecule has 0 spiro atoms. The fourth-order valence-corrected chi connectivity index (χ4v) is 5.46. The molecule has 25 heavy (non-hydrogen) atoms. The minimum Gasteiger partial charge on any atom is -0.340 e. The van der Waals surface area contributed by atoms with Gasteiger partial charge in [0.1, 0.15) is 0 Å². The maximum absolute atomic E-state index is 13.2. The van der Waals surface area contributed by atoms with Crippen molar-refractivity contribution in [3.05, 3.63) is 35.9 Å². The lowest BCUT2D eigenvalue weighted by molar-refractivity contribution is -0.133. The lowest BCUT2D eigenvalue weighted by atomic mass is 9.82. The van der Waals surface area contributed by atoms with E-state index in [9.17, 15) is 13.2 Å². The van der Waals surface area contributed by atoms with Crippen LogP contribution in [0, 0.1) is 0 Å². The predicted octanol–water partition coefficient (Wildman–Crippen LogP) is 1.77. The van der Waals surface area contributed by atoms with Gasteiger partial charge in [-0.3, -0.25) is 4.79 Å². The van der Waals surface area contributed by atoms with Gasteiger partial charge in [-0.2, -0.15) is 0 Å². The van der Waals surface area contributed by atoms with Crippen LogP contribution in [0.15, 0.2) is 30.3 Å². The first-order valence-electron chi connectivity index (χ1n) is 8.54. The van der Waals surface area contributed by atoms with Crippen LogP contribution in [0.25, 0.3) is 0 Å². The van der Waals surface area contributed by atoms with Gasteiger partial charge in [0.05, 0.1) is 0 Å². The summed E-state index contributed by atoms with van der Waals surface area (Å²) in [7, 11) is -3.46. The minimum atomic E-state index is -3.46. The first-order chi connectivity index (χ1) is 11.3. The molecule has 0 bridgehead atoms. The van der Waals surface area contributed by atoms with Gasteiger partial charge in [-0.05, 0) is 37.9 Å². The Hall–Kier alpha value is -1.11. The first-order valence-corrected chi connectivity index (χ1v) is 10.4. The summed E-state index contributed by atoms with van der Waals surface area (Å²) in [6.07, 6.45) is 2.80. The molecule has 0 saturated carbocycles. The number of carbonyl (C=O) groups is 1. The lowest BCUT2D eigenvalue weighted by Crippen LogP contribution is -2.58. The second kappa shape index (κ2) is 7.25. The van der Waals surface area contributed by atoms with Crippen LogP contribution in [0.5, 0.6) is 0 Å². The van der Waals surface area contributed by atoms with Gasteiger partial charge in [0.25, 0.3) is 0 Å². The van der Waals surface area contributed by atoms with E-state index in [-0.39, 0.29) is 23.7 Å². The second-order valence-electron chi connectivity index (χ2n) is 7.42. The summed E-state index contributed by atoms with van der Waals surface area (Å²) in [6.45, 7) is 4.51. The molecule has 3 rings (SSSR count). The number of rotatable bonds is 3. The zero-order valence-corrected chi connectivity index (χ0v) is 16.5. The molecule has 0 radical (unpaired) electrons. The maximum atomic E-state index is 13.2. The number of benzene rings is 1. The number of halogens is 1. The van der Waals surface area contributed by atoms with Crippen molar-refractivity contribution in [2.45, 2.75) is 36.3 Å². The average molecular weight is 387 g/mol. The highest BCUT2D eigenvalue weighted by molar-refractivity contribution is 7.92. The molecule has 2 heterocycles. The van der Waals surface area contributed by atoms with Gasteiger partial charge in [0.15, 0.2) is 14.6 Å². The molecule has 2 fully saturated rings. The Balaban J connectivity index is 0.00000225. The summed E-state index contributed by atoms with van der Waals surface area (Å²) in [4.78, 5) is 15.0. The Labute approximate surface area is 156 Å². The molecule has 1 unspecified atom stereocenters. The Morgan fingerprint density at radius 1 is 1.12 bits per heavy atom. The molecule has 2 aliphatic heterocycles. The van der Waals surface area contributed by atoms with Crippen LogP contribution >= 0.6 is 12.4 Å². The Morgan fingerprint density at radius 2 is 1.72 bits per heavy atom. The molecule has 5 nitrogen and oxygen atoms in total. The monoisotopic (exact) mass is 386 g/mol. The van der Waals surface area contributed by atoms with Gasteiger partial charge in [0.2, 0.25) is 5.91 Å². The summed E-state index contributed by atoms with van der Waals surface area (Å²) in [6, 6.07) is 10.2. The predicted molar refractivity (Wildman–Crippen MR) is 102 cm³/mol. The Bertz CT molecular complexity index is 717. The van der Waals surface area contributed by atoms with Gasteiger partial charge in [-0.15, -0.1) is 12.4 Å². The third kappa shape index (κ3) is 3.57. The van der Waals surface area contributed by atoms with Crippen LogP contribution in [0.4, 0.5) is 0 Å². The van der Waals surface area contributed by atoms with Crippen molar-refractivity contribution in [1.82, 2.24) is 10.2 Å². The van der Waals surface area contributed by atoms with Crippen molar-refractivity contribution in [2.24, 2.45) is 0 Å². The van der Waals surface area contributed by atoms with Crippen molar-refractivity contribution in [3.8, 4) is 0 Å². The fraction of sp³-hybridized carbons (Fsp3) is 0.611. The number of likely N-dealkylation sites (tertiary alicyclic amines) is 1. The van der Waals surface area contributed by atoms with Crippen molar-refractivity contribution in [1.29, 1.82) is 0 Å². The lowest BCUT2D eigenvalue weighted by Gasteiger charge is -2.37. The molecule has 7 heteroatoms. The minimum absolute atomic E-state index is 0. The van der Waals surface area contributed by atoms with E-state index >= 15 is 0 Å². The standard InChI is InChI=1S/C18H26N2O3S.ClH/c1-17(15-6-4-3-5-7-15)10-13-20(14-17)16(21)18(24(2,22)23)8-11-19-12-9-18;/h3-7,19H,8-14H2,1-2H3;1H. The molecule has 0 aliphatic carbocycles. The third-order valence-corrected chi connectivity index (χ3v) is 7.74. The van der Waals surface area contributed by atoms with Crippen molar-refractivity contribution in [3.63, 3.8) is 0 Å². The Kier molecular flexibility index (Phi) is 5.86. The highest BCUT2D eigenvalue weighted by Crippen LogP contribution is 2.37. The number of sulfone groups is 1. The molecule has 1 N–H and O–H groups in total. The largest absolute Gasteiger partial charge is 0.340 e. The van der Waals surface area contributed by atoms with Crippen LogP contribution in [0.1, 0.15) is 31.7 Å². The summed E-state index contributed by atoms with van der Waals surface area (Å²) >= 11 is 0. The van der Waals surface area contributed by atoms with E-state index in [1.54, 1.807) is 4.90 Å². The summed E-state index contributed by atoms with van der Waals surface area (Å²) in [5.41, 5.74) is 1.10. The zero-order chi connectivity index (χ0) is 17.4. The molecule has 1 aromatic rings. The Morgan fingerprint density at radius 3 is 2.28 bits per heavy atom. The molecular formula is C18H27ClN2O3S. The van der Waals surface area contributed by atoms with Crippen LogP contribution in [0.2, 0.25) is 0 Å². The van der Waals surface area contributed by atoms with E-state index < -0.39 is 14.6 Å². The van der Waals surface area contributed by atoms with E-state index in [0.717, 1.165) is 6.42 Å². The molecule has 0 aromatic heterocycles. The van der Waals surface area contributed by atoms with Gasteiger partial charge >= 0.3 is 0 Å². The van der Waals surface area contributed by atoms with E-state index in [1.807, 2.05) is 18.2 Å². The molecule has 1 aromatic carbocycles. The zero-order valence-electron chi connectivity index (χ0n) is 14.8. The van der Waals surface area contributed by atoms with E-state index in [1.165, 1.54) is 11.8 Å². The molecule has 1 atom stereocenters. The van der Waals surface area contributed by atoms with Crippen molar-refractivity contribution < 1.29 is 13.2 Å². The van der Waals surface area contributed by atoms with Crippen molar-refractivity contribution in [2.75, 3.05) is 32.4 Å². The normalized spacial score (nSPS) is 26.1. The number of hydrogen-bond donors (Lipinski definition) is 1. The van der Waals surface area contributed by atoms with Crippen LogP contribution < -0.4 is 5.32 Å². The first kappa shape index (κ1) is 20.2. The number of amides is 1. The molecule has 2 aliphatic rings. The molecular weight excluding hydrogens is 360 g/mol. The summed E-state index contributed by atoms with van der Waals surface area (Å²) in [5.74, 6) is -0.203. The van der Waals surface area contributed by atoms with Gasteiger partial charge in [0, 0.05) is 24.8 Å². The van der Waals surface area contributed by atoms with Gasteiger partial charge in [-0.1, -0.05) is 37.3 Å². The molecule has 1 amide bonds. The average Bonchev–Trinajstić information content (AvgIpc) is 2.98. The van der Waals surface area contributed by atoms with E-state index in [0.29, 0.717) is 39.0 Å². The number of carbonyl (C=O) groups excluding carboxylic acids is 1. The topological polar surface area (TPSA) is 66.5 Å².